The molecule has 0 unspecified atom stereocenters. The normalized spacial score (nSPS) is 15.1. The topological polar surface area (TPSA) is 62.6 Å². The van der Waals surface area contributed by atoms with Gasteiger partial charge >= 0.3 is 0 Å². The molecule has 1 atom stereocenters. The average molecular weight is 443 g/mol. The number of aromatic amines is 1. The summed E-state index contributed by atoms with van der Waals surface area (Å²) in [6.45, 7) is 6.02. The smallest absolute Gasteiger partial charge is 0.278 e. The van der Waals surface area contributed by atoms with E-state index in [-0.39, 0.29) is 11.5 Å². The van der Waals surface area contributed by atoms with Crippen LogP contribution >= 0.6 is 0 Å². The summed E-state index contributed by atoms with van der Waals surface area (Å²) in [6, 6.07) is 18.1. The van der Waals surface area contributed by atoms with Crippen LogP contribution < -0.4 is 15.2 Å². The van der Waals surface area contributed by atoms with E-state index in [0.29, 0.717) is 0 Å². The molecule has 3 heterocycles. The predicted molar refractivity (Wildman–Crippen MR) is 133 cm³/mol. The number of ether oxygens (including phenoxy) is 1. The number of benzene rings is 2. The van der Waals surface area contributed by atoms with Crippen molar-refractivity contribution >= 4 is 11.3 Å². The third-order valence-corrected chi connectivity index (χ3v) is 6.76. The van der Waals surface area contributed by atoms with Crippen molar-refractivity contribution in [2.45, 2.75) is 39.0 Å². The van der Waals surface area contributed by atoms with Crippen LogP contribution in [-0.2, 0) is 0 Å². The lowest BCUT2D eigenvalue weighted by Crippen LogP contribution is -2.30. The Morgan fingerprint density at radius 2 is 1.70 bits per heavy atom. The van der Waals surface area contributed by atoms with Crippen molar-refractivity contribution in [1.29, 1.82) is 0 Å². The van der Waals surface area contributed by atoms with E-state index in [0.717, 1.165) is 71.1 Å². The van der Waals surface area contributed by atoms with Crippen LogP contribution in [0.2, 0.25) is 0 Å². The highest BCUT2D eigenvalue weighted by atomic mass is 16.5. The van der Waals surface area contributed by atoms with E-state index in [2.05, 4.69) is 28.9 Å². The van der Waals surface area contributed by atoms with Crippen molar-refractivity contribution in [3.05, 3.63) is 81.8 Å². The lowest BCUT2D eigenvalue weighted by Gasteiger charge is -2.28. The summed E-state index contributed by atoms with van der Waals surface area (Å²) in [7, 11) is 1.66. The number of piperidine rings is 1. The minimum absolute atomic E-state index is 0.0648. The van der Waals surface area contributed by atoms with Crippen molar-refractivity contribution in [3.63, 3.8) is 0 Å². The number of fused-ring (bicyclic) bond motifs is 1. The number of aryl methyl sites for hydroxylation is 1. The lowest BCUT2D eigenvalue weighted by atomic mass is 9.93. The number of anilines is 1. The first-order valence-corrected chi connectivity index (χ1v) is 11.7. The Labute approximate surface area is 193 Å². The van der Waals surface area contributed by atoms with Crippen molar-refractivity contribution in [1.82, 2.24) is 14.6 Å². The van der Waals surface area contributed by atoms with Crippen molar-refractivity contribution in [2.75, 3.05) is 25.1 Å². The number of aromatic nitrogens is 3. The number of nitrogens with one attached hydrogen (secondary N) is 1. The lowest BCUT2D eigenvalue weighted by molar-refractivity contribution is 0.414. The third kappa shape index (κ3) is 3.80. The van der Waals surface area contributed by atoms with E-state index in [9.17, 15) is 4.79 Å². The quantitative estimate of drug-likeness (QED) is 0.464. The van der Waals surface area contributed by atoms with E-state index < -0.39 is 0 Å². The highest BCUT2D eigenvalue weighted by Gasteiger charge is 2.26. The summed E-state index contributed by atoms with van der Waals surface area (Å²) in [4.78, 5) is 19.8. The van der Waals surface area contributed by atoms with Gasteiger partial charge < -0.3 is 14.6 Å². The van der Waals surface area contributed by atoms with Gasteiger partial charge in [-0.1, -0.05) is 49.4 Å². The summed E-state index contributed by atoms with van der Waals surface area (Å²) >= 11 is 0. The van der Waals surface area contributed by atoms with E-state index in [1.807, 2.05) is 49.4 Å². The SMILES string of the molecule is COc1ccc([C@@H](C)c2c(C)[nH]c3c(N4CCCCC4)c(-c4ccccc4)nn3c2=O)cc1. The van der Waals surface area contributed by atoms with Crippen LogP contribution in [0.5, 0.6) is 5.75 Å². The number of methoxy groups -OCH3 is 1. The number of nitrogens with zero attached hydrogens (tertiary/aromatic N) is 3. The first kappa shape index (κ1) is 21.3. The largest absolute Gasteiger partial charge is 0.497 e. The molecule has 1 N–H and O–H groups in total. The molecular formula is C27H30N4O2. The van der Waals surface area contributed by atoms with Crippen molar-refractivity contribution in [3.8, 4) is 17.0 Å². The van der Waals surface area contributed by atoms with Crippen LogP contribution in [-0.4, -0.2) is 34.8 Å². The number of hydrogen-bond acceptors (Lipinski definition) is 4. The molecular weight excluding hydrogens is 412 g/mol. The van der Waals surface area contributed by atoms with E-state index in [1.54, 1.807) is 11.6 Å². The number of H-pyrrole nitrogens is 1. The maximum absolute atomic E-state index is 13.8. The zero-order chi connectivity index (χ0) is 22.9. The van der Waals surface area contributed by atoms with Crippen LogP contribution in [0, 0.1) is 6.92 Å². The van der Waals surface area contributed by atoms with Gasteiger partial charge in [0, 0.05) is 35.8 Å². The average Bonchev–Trinajstić information content (AvgIpc) is 3.24. The fourth-order valence-electron chi connectivity index (χ4n) is 4.97. The molecule has 0 bridgehead atoms. The van der Waals surface area contributed by atoms with E-state index in [1.165, 1.54) is 6.42 Å². The monoisotopic (exact) mass is 442 g/mol. The minimum atomic E-state index is -0.0770. The first-order valence-electron chi connectivity index (χ1n) is 11.7. The Morgan fingerprint density at radius 1 is 1.00 bits per heavy atom. The molecule has 1 aliphatic heterocycles. The summed E-state index contributed by atoms with van der Waals surface area (Å²) < 4.78 is 6.87. The van der Waals surface area contributed by atoms with Gasteiger partial charge in [-0.15, -0.1) is 0 Å². The van der Waals surface area contributed by atoms with Gasteiger partial charge in [0.05, 0.1) is 7.11 Å². The molecule has 6 nitrogen and oxygen atoms in total. The van der Waals surface area contributed by atoms with Gasteiger partial charge in [0.15, 0.2) is 5.65 Å². The molecule has 1 saturated heterocycles. The van der Waals surface area contributed by atoms with Crippen LogP contribution in [0.3, 0.4) is 0 Å². The number of rotatable bonds is 5. The molecule has 170 valence electrons. The Kier molecular flexibility index (Phi) is 5.67. The van der Waals surface area contributed by atoms with E-state index in [4.69, 9.17) is 9.84 Å². The molecule has 0 amide bonds. The summed E-state index contributed by atoms with van der Waals surface area (Å²) in [5, 5.41) is 4.87. The van der Waals surface area contributed by atoms with Crippen LogP contribution in [0.4, 0.5) is 5.69 Å². The summed E-state index contributed by atoms with van der Waals surface area (Å²) in [5.41, 5.74) is 6.32. The highest BCUT2D eigenvalue weighted by molar-refractivity contribution is 5.86. The molecule has 1 fully saturated rings. The molecule has 0 radical (unpaired) electrons. The molecule has 2 aromatic carbocycles. The molecule has 0 spiro atoms. The Hall–Kier alpha value is -3.54. The predicted octanol–water partition coefficient (Wildman–Crippen LogP) is 5.15. The van der Waals surface area contributed by atoms with Gasteiger partial charge in [-0.05, 0) is 43.9 Å². The molecule has 1 aliphatic rings. The Balaban J connectivity index is 1.69. The molecule has 0 aliphatic carbocycles. The zero-order valence-electron chi connectivity index (χ0n) is 19.5. The van der Waals surface area contributed by atoms with Gasteiger partial charge in [-0.2, -0.15) is 9.61 Å². The fraction of sp³-hybridized carbons (Fsp3) is 0.333. The molecule has 33 heavy (non-hydrogen) atoms. The number of hydrogen-bond donors (Lipinski definition) is 1. The standard InChI is InChI=1S/C27H30N4O2/c1-18(20-12-14-22(33-3)15-13-20)23-19(2)28-26-25(30-16-8-5-9-17-30)24(29-31(26)27(23)32)21-10-6-4-7-11-21/h4,6-7,10-15,18,28H,5,8-9,16-17H2,1-3H3/t18-/m1/s1. The highest BCUT2D eigenvalue weighted by Crippen LogP contribution is 2.35. The molecule has 2 aromatic heterocycles. The van der Waals surface area contributed by atoms with Crippen LogP contribution in [0.25, 0.3) is 16.9 Å². The van der Waals surface area contributed by atoms with Crippen LogP contribution in [0.1, 0.15) is 48.9 Å². The Morgan fingerprint density at radius 3 is 2.36 bits per heavy atom. The van der Waals surface area contributed by atoms with Crippen LogP contribution in [0.15, 0.2) is 59.4 Å². The molecule has 0 saturated carbocycles. The van der Waals surface area contributed by atoms with Crippen molar-refractivity contribution < 1.29 is 4.74 Å². The van der Waals surface area contributed by atoms with Crippen molar-refractivity contribution in [2.24, 2.45) is 0 Å². The maximum atomic E-state index is 13.8. The molecule has 6 heteroatoms. The second-order valence-electron chi connectivity index (χ2n) is 8.84. The second-order valence-corrected chi connectivity index (χ2v) is 8.84. The Bertz CT molecular complexity index is 1320. The fourth-order valence-corrected chi connectivity index (χ4v) is 4.97. The molecule has 5 rings (SSSR count). The van der Waals surface area contributed by atoms with Gasteiger partial charge in [0.25, 0.3) is 5.56 Å². The maximum Gasteiger partial charge on any atom is 0.278 e. The van der Waals surface area contributed by atoms with Gasteiger partial charge in [-0.3, -0.25) is 4.79 Å². The second kappa shape index (κ2) is 8.77. The third-order valence-electron chi connectivity index (χ3n) is 6.76. The van der Waals surface area contributed by atoms with Gasteiger partial charge in [-0.25, -0.2) is 0 Å². The summed E-state index contributed by atoms with van der Waals surface area (Å²) in [5.74, 6) is 0.727. The van der Waals surface area contributed by atoms with E-state index >= 15 is 0 Å². The van der Waals surface area contributed by atoms with Gasteiger partial charge in [0.2, 0.25) is 0 Å². The summed E-state index contributed by atoms with van der Waals surface area (Å²) in [6.07, 6.45) is 3.55. The first-order chi connectivity index (χ1) is 16.1. The zero-order valence-corrected chi connectivity index (χ0v) is 19.5. The molecule has 4 aromatic rings. The minimum Gasteiger partial charge on any atom is -0.497 e. The van der Waals surface area contributed by atoms with Gasteiger partial charge in [0.1, 0.15) is 17.1 Å².